The Labute approximate surface area is 113 Å². The lowest BCUT2D eigenvalue weighted by molar-refractivity contribution is 0.221. The summed E-state index contributed by atoms with van der Waals surface area (Å²) in [7, 11) is -0.896. The van der Waals surface area contributed by atoms with Crippen molar-refractivity contribution in [2.75, 3.05) is 0 Å². The lowest BCUT2D eigenvalue weighted by Crippen LogP contribution is -2.21. The molecule has 0 saturated carbocycles. The highest BCUT2D eigenvalue weighted by atomic mass is 35.5. The molecule has 1 heterocycles. The maximum atomic E-state index is 11.5. The van der Waals surface area contributed by atoms with E-state index >= 15 is 0 Å². The Morgan fingerprint density at radius 3 is 2.61 bits per heavy atom. The van der Waals surface area contributed by atoms with Crippen LogP contribution in [-0.2, 0) is 17.3 Å². The zero-order chi connectivity index (χ0) is 12.7. The third-order valence-corrected chi connectivity index (χ3v) is 5.25. The summed E-state index contributed by atoms with van der Waals surface area (Å²) in [6.07, 6.45) is 0.753. The highest BCUT2D eigenvalue weighted by Gasteiger charge is 2.42. The minimum absolute atomic E-state index is 0.655. The molecule has 0 amide bonds. The quantitative estimate of drug-likeness (QED) is 0.740. The van der Waals surface area contributed by atoms with E-state index in [2.05, 4.69) is 0 Å². The molecule has 1 aliphatic heterocycles. The predicted octanol–water partition coefficient (Wildman–Crippen LogP) is 3.96. The van der Waals surface area contributed by atoms with Crippen LogP contribution in [0.1, 0.15) is 11.1 Å². The molecule has 2 aromatic rings. The molecular weight excluding hydrogens is 268 g/mol. The molecule has 1 N–H and O–H groups in total. The summed E-state index contributed by atoms with van der Waals surface area (Å²) in [5.41, 5.74) is 2.10. The van der Waals surface area contributed by atoms with Gasteiger partial charge in [-0.2, -0.15) is 4.79 Å². The first-order valence-corrected chi connectivity index (χ1v) is 7.10. The van der Waals surface area contributed by atoms with Crippen molar-refractivity contribution in [1.29, 1.82) is 0 Å². The van der Waals surface area contributed by atoms with Crippen LogP contribution >= 0.6 is 11.6 Å². The number of carboxylic acid groups (broad SMARTS) is 1. The van der Waals surface area contributed by atoms with E-state index in [9.17, 15) is 9.90 Å². The monoisotopic (exact) mass is 277 g/mol. The summed E-state index contributed by atoms with van der Waals surface area (Å²) in [4.78, 5) is 13.3. The molecule has 0 radical (unpaired) electrons. The van der Waals surface area contributed by atoms with Crippen molar-refractivity contribution >= 4 is 27.8 Å². The summed E-state index contributed by atoms with van der Waals surface area (Å²) in [5, 5.41) is 9.35. The second kappa shape index (κ2) is 4.34. The van der Waals surface area contributed by atoms with E-state index < -0.39 is 16.2 Å². The van der Waals surface area contributed by atoms with E-state index in [4.69, 9.17) is 11.6 Å². The van der Waals surface area contributed by atoms with Crippen molar-refractivity contribution in [3.8, 4) is 0 Å². The van der Waals surface area contributed by atoms with Crippen LogP contribution in [0.15, 0.2) is 52.3 Å². The molecule has 18 heavy (non-hydrogen) atoms. The average molecular weight is 278 g/mol. The number of rotatable bonds is 0. The zero-order valence-corrected chi connectivity index (χ0v) is 11.0. The number of hydrogen-bond donors (Lipinski definition) is 1. The zero-order valence-electron chi connectivity index (χ0n) is 9.39. The fourth-order valence-electron chi connectivity index (χ4n) is 2.25. The molecule has 0 aromatic heterocycles. The summed E-state index contributed by atoms with van der Waals surface area (Å²) >= 11 is 5.99. The Morgan fingerprint density at radius 1 is 1.11 bits per heavy atom. The van der Waals surface area contributed by atoms with Gasteiger partial charge in [0.25, 0.3) is 0 Å². The molecule has 0 bridgehead atoms. The molecule has 0 saturated heterocycles. The first-order chi connectivity index (χ1) is 8.66. The van der Waals surface area contributed by atoms with Crippen LogP contribution in [-0.4, -0.2) is 10.4 Å². The largest absolute Gasteiger partial charge is 0.534 e. The van der Waals surface area contributed by atoms with Gasteiger partial charge in [0.05, 0.1) is 0 Å². The van der Waals surface area contributed by atoms with Gasteiger partial charge in [-0.3, -0.25) is 0 Å². The predicted molar refractivity (Wildman–Crippen MR) is 72.6 cm³/mol. The van der Waals surface area contributed by atoms with Gasteiger partial charge in [-0.05, 0) is 24.3 Å². The second-order valence-corrected chi connectivity index (χ2v) is 6.39. The molecule has 0 fully saturated rings. The minimum Gasteiger partial charge on any atom is -0.440 e. The van der Waals surface area contributed by atoms with Gasteiger partial charge in [0.15, 0.2) is 20.7 Å². The molecule has 2 nitrogen and oxygen atoms in total. The Morgan fingerprint density at radius 2 is 1.83 bits per heavy atom. The van der Waals surface area contributed by atoms with Gasteiger partial charge in [-0.1, -0.05) is 29.8 Å². The van der Waals surface area contributed by atoms with Crippen LogP contribution in [0.25, 0.3) is 0 Å². The van der Waals surface area contributed by atoms with Gasteiger partial charge >= 0.3 is 5.30 Å². The van der Waals surface area contributed by atoms with Crippen LogP contribution in [0.3, 0.4) is 0 Å². The van der Waals surface area contributed by atoms with Gasteiger partial charge in [0.2, 0.25) is 0 Å². The number of carbonyl (C=O) groups is 1. The van der Waals surface area contributed by atoms with Crippen LogP contribution in [0.2, 0.25) is 5.02 Å². The smallest absolute Gasteiger partial charge is 0.440 e. The van der Waals surface area contributed by atoms with Gasteiger partial charge in [-0.15, -0.1) is 0 Å². The van der Waals surface area contributed by atoms with E-state index in [1.807, 2.05) is 36.4 Å². The summed E-state index contributed by atoms with van der Waals surface area (Å²) in [6.45, 7) is 0. The second-order valence-electron chi connectivity index (χ2n) is 4.11. The average Bonchev–Trinajstić information content (AvgIpc) is 2.35. The van der Waals surface area contributed by atoms with Crippen LogP contribution in [0.5, 0.6) is 0 Å². The molecule has 1 atom stereocenters. The topological polar surface area (TPSA) is 37.3 Å². The van der Waals surface area contributed by atoms with E-state index in [1.165, 1.54) is 0 Å². The highest BCUT2D eigenvalue weighted by molar-refractivity contribution is 8.10. The number of fused-ring (bicyclic) bond motifs is 2. The first kappa shape index (κ1) is 11.6. The third-order valence-electron chi connectivity index (χ3n) is 2.99. The molecular formula is C14H10ClO2S+. The maximum Gasteiger partial charge on any atom is 0.534 e. The highest BCUT2D eigenvalue weighted by Crippen LogP contribution is 2.37. The van der Waals surface area contributed by atoms with Gasteiger partial charge in [0.1, 0.15) is 0 Å². The Bertz CT molecular complexity index is 639. The molecule has 0 spiro atoms. The summed E-state index contributed by atoms with van der Waals surface area (Å²) < 4.78 is 0. The van der Waals surface area contributed by atoms with Gasteiger partial charge in [-0.25, -0.2) is 0 Å². The van der Waals surface area contributed by atoms with E-state index in [1.54, 1.807) is 6.07 Å². The minimum atomic E-state index is -0.896. The van der Waals surface area contributed by atoms with E-state index in [-0.39, 0.29) is 0 Å². The normalized spacial score (nSPS) is 16.8. The van der Waals surface area contributed by atoms with Crippen LogP contribution in [0, 0.1) is 0 Å². The lowest BCUT2D eigenvalue weighted by atomic mass is 10.0. The molecule has 0 aliphatic carbocycles. The molecule has 1 unspecified atom stereocenters. The molecule has 4 heteroatoms. The molecule has 1 aliphatic rings. The molecule has 2 aromatic carbocycles. The number of benzene rings is 2. The van der Waals surface area contributed by atoms with Crippen LogP contribution < -0.4 is 0 Å². The van der Waals surface area contributed by atoms with Crippen molar-refractivity contribution in [3.63, 3.8) is 0 Å². The van der Waals surface area contributed by atoms with E-state index in [0.717, 1.165) is 27.3 Å². The summed E-state index contributed by atoms with van der Waals surface area (Å²) in [5.74, 6) is 0. The Balaban J connectivity index is 2.23. The molecule has 90 valence electrons. The Hall–Kier alpha value is -1.45. The summed E-state index contributed by atoms with van der Waals surface area (Å²) in [6, 6.07) is 13.2. The first-order valence-electron chi connectivity index (χ1n) is 5.50. The fourth-order valence-corrected chi connectivity index (χ4v) is 4.27. The number of halogens is 1. The van der Waals surface area contributed by atoms with Crippen molar-refractivity contribution in [1.82, 2.24) is 0 Å². The van der Waals surface area contributed by atoms with Crippen molar-refractivity contribution in [2.24, 2.45) is 0 Å². The van der Waals surface area contributed by atoms with Crippen molar-refractivity contribution in [2.45, 2.75) is 16.2 Å². The fraction of sp³-hybridized carbons (Fsp3) is 0.0714. The van der Waals surface area contributed by atoms with Crippen molar-refractivity contribution in [3.05, 3.63) is 58.6 Å². The van der Waals surface area contributed by atoms with Crippen LogP contribution in [0.4, 0.5) is 4.79 Å². The van der Waals surface area contributed by atoms with Gasteiger partial charge < -0.3 is 5.11 Å². The maximum absolute atomic E-state index is 11.5. The SMILES string of the molecule is O=C(O)[S+]1c2ccccc2Cc2cc(Cl)ccc21. The van der Waals surface area contributed by atoms with Gasteiger partial charge in [0, 0.05) is 22.6 Å². The molecule has 3 rings (SSSR count). The third kappa shape index (κ3) is 1.80. The number of hydrogen-bond acceptors (Lipinski definition) is 1. The van der Waals surface area contributed by atoms with Crippen molar-refractivity contribution < 1.29 is 9.90 Å². The van der Waals surface area contributed by atoms with E-state index in [0.29, 0.717) is 5.02 Å². The Kier molecular flexibility index (Phi) is 2.80. The lowest BCUT2D eigenvalue weighted by Gasteiger charge is -2.16. The standard InChI is InChI=1S/C14H9ClO2S/c15-11-5-6-13-10(8-11)7-9-3-1-2-4-12(9)18(13)14(16)17/h1-6,8H,7H2/p+1.